The molecule has 1 atom stereocenters. The molecule has 5 nitrogen and oxygen atoms in total. The summed E-state index contributed by atoms with van der Waals surface area (Å²) in [4.78, 5) is 6.78. The van der Waals surface area contributed by atoms with Gasteiger partial charge in [0.05, 0.1) is 7.11 Å². The highest BCUT2D eigenvalue weighted by Crippen LogP contribution is 2.29. The predicted octanol–water partition coefficient (Wildman–Crippen LogP) is 2.42. The van der Waals surface area contributed by atoms with Gasteiger partial charge >= 0.3 is 0 Å². The normalized spacial score (nSPS) is 17.8. The van der Waals surface area contributed by atoms with E-state index in [1.54, 1.807) is 13.3 Å². The lowest BCUT2D eigenvalue weighted by Gasteiger charge is -2.34. The molecule has 1 aromatic carbocycles. The van der Waals surface area contributed by atoms with Gasteiger partial charge in [0.15, 0.2) is 0 Å². The maximum Gasteiger partial charge on any atom is 0.137 e. The van der Waals surface area contributed by atoms with Crippen LogP contribution >= 0.6 is 0 Å². The lowest BCUT2D eigenvalue weighted by molar-refractivity contribution is 0.0514. The highest BCUT2D eigenvalue weighted by molar-refractivity contribution is 5.27. The van der Waals surface area contributed by atoms with Crippen LogP contribution in [0.25, 0.3) is 0 Å². The zero-order valence-corrected chi connectivity index (χ0v) is 14.6. The quantitative estimate of drug-likeness (QED) is 0.884. The van der Waals surface area contributed by atoms with Gasteiger partial charge in [0.1, 0.15) is 17.7 Å². The fourth-order valence-electron chi connectivity index (χ4n) is 3.44. The molecule has 1 aliphatic heterocycles. The summed E-state index contributed by atoms with van der Waals surface area (Å²) in [7, 11) is 3.63. The number of ether oxygens (including phenoxy) is 1. The standard InChI is InChI=1S/C19H27N3O2/c1-21-14-10-20-19(21)18(23)16-8-12-22(13-9-16)11-7-15-3-5-17(24-2)6-4-15/h3-6,10,14,16,18,23H,7-9,11-13H2,1-2H3/t18-/m0/s1. The molecule has 130 valence electrons. The Kier molecular flexibility index (Phi) is 5.53. The molecule has 0 amide bonds. The summed E-state index contributed by atoms with van der Waals surface area (Å²) in [5.41, 5.74) is 1.34. The van der Waals surface area contributed by atoms with Crippen molar-refractivity contribution in [1.82, 2.24) is 14.5 Å². The summed E-state index contributed by atoms with van der Waals surface area (Å²) < 4.78 is 7.11. The molecule has 3 rings (SSSR count). The van der Waals surface area contributed by atoms with Crippen LogP contribution < -0.4 is 4.74 Å². The van der Waals surface area contributed by atoms with Crippen molar-refractivity contribution in [3.8, 4) is 5.75 Å². The first-order valence-corrected chi connectivity index (χ1v) is 8.68. The fourth-order valence-corrected chi connectivity index (χ4v) is 3.44. The number of hydrogen-bond acceptors (Lipinski definition) is 4. The number of benzene rings is 1. The van der Waals surface area contributed by atoms with E-state index in [-0.39, 0.29) is 0 Å². The number of piperidine rings is 1. The smallest absolute Gasteiger partial charge is 0.137 e. The highest BCUT2D eigenvalue weighted by atomic mass is 16.5. The maximum atomic E-state index is 10.5. The molecule has 1 fully saturated rings. The van der Waals surface area contributed by atoms with Gasteiger partial charge in [-0.15, -0.1) is 0 Å². The third-order valence-corrected chi connectivity index (χ3v) is 5.08. The average Bonchev–Trinajstić information content (AvgIpc) is 3.06. The van der Waals surface area contributed by atoms with Gasteiger partial charge in [0.25, 0.3) is 0 Å². The Morgan fingerprint density at radius 1 is 1.25 bits per heavy atom. The van der Waals surface area contributed by atoms with Crippen LogP contribution in [0.3, 0.4) is 0 Å². The van der Waals surface area contributed by atoms with Crippen molar-refractivity contribution < 1.29 is 9.84 Å². The second-order valence-corrected chi connectivity index (χ2v) is 6.62. The largest absolute Gasteiger partial charge is 0.497 e. The zero-order valence-electron chi connectivity index (χ0n) is 14.6. The van der Waals surface area contributed by atoms with E-state index in [9.17, 15) is 5.11 Å². The van der Waals surface area contributed by atoms with Gasteiger partial charge in [-0.2, -0.15) is 0 Å². The van der Waals surface area contributed by atoms with Gasteiger partial charge in [-0.05, 0) is 56.0 Å². The molecule has 0 spiro atoms. The number of aromatic nitrogens is 2. The molecule has 1 saturated heterocycles. The number of nitrogens with zero attached hydrogens (tertiary/aromatic N) is 3. The molecule has 1 aliphatic rings. The van der Waals surface area contributed by atoms with Crippen LogP contribution in [0.4, 0.5) is 0 Å². The molecule has 24 heavy (non-hydrogen) atoms. The van der Waals surface area contributed by atoms with Crippen molar-refractivity contribution in [2.45, 2.75) is 25.4 Å². The number of aryl methyl sites for hydroxylation is 1. The van der Waals surface area contributed by atoms with Crippen molar-refractivity contribution in [1.29, 1.82) is 0 Å². The van der Waals surface area contributed by atoms with Crippen LogP contribution in [0.5, 0.6) is 5.75 Å². The van der Waals surface area contributed by atoms with Crippen molar-refractivity contribution in [2.24, 2.45) is 13.0 Å². The Bertz CT molecular complexity index is 630. The molecule has 0 aliphatic carbocycles. The molecule has 0 unspecified atom stereocenters. The molecule has 1 N–H and O–H groups in total. The van der Waals surface area contributed by atoms with Crippen LogP contribution in [0.15, 0.2) is 36.7 Å². The maximum absolute atomic E-state index is 10.5. The van der Waals surface area contributed by atoms with Gasteiger partial charge in [-0.1, -0.05) is 12.1 Å². The minimum absolute atomic E-state index is 0.309. The van der Waals surface area contributed by atoms with E-state index in [0.29, 0.717) is 5.92 Å². The summed E-state index contributed by atoms with van der Waals surface area (Å²) in [5.74, 6) is 2.00. The Hall–Kier alpha value is -1.85. The summed E-state index contributed by atoms with van der Waals surface area (Å²) in [6.45, 7) is 3.15. The molecule has 0 bridgehead atoms. The van der Waals surface area contributed by atoms with Gasteiger partial charge in [-0.3, -0.25) is 0 Å². The summed E-state index contributed by atoms with van der Waals surface area (Å²) >= 11 is 0. The first-order valence-electron chi connectivity index (χ1n) is 8.68. The number of rotatable bonds is 6. The van der Waals surface area contributed by atoms with Gasteiger partial charge < -0.3 is 19.3 Å². The highest BCUT2D eigenvalue weighted by Gasteiger charge is 2.28. The molecule has 2 heterocycles. The summed E-state index contributed by atoms with van der Waals surface area (Å²) in [5, 5.41) is 10.5. The van der Waals surface area contributed by atoms with Crippen molar-refractivity contribution in [3.63, 3.8) is 0 Å². The molecule has 5 heteroatoms. The van der Waals surface area contributed by atoms with E-state index in [1.807, 2.05) is 29.9 Å². The fraction of sp³-hybridized carbons (Fsp3) is 0.526. The topological polar surface area (TPSA) is 50.5 Å². The van der Waals surface area contributed by atoms with Gasteiger partial charge in [0.2, 0.25) is 0 Å². The molecular weight excluding hydrogens is 302 g/mol. The minimum atomic E-state index is -0.450. The van der Waals surface area contributed by atoms with Crippen LogP contribution in [0.1, 0.15) is 30.3 Å². The van der Waals surface area contributed by atoms with Crippen molar-refractivity contribution in [3.05, 3.63) is 48.0 Å². The molecule has 0 saturated carbocycles. The molecule has 1 aromatic heterocycles. The van der Waals surface area contributed by atoms with Crippen molar-refractivity contribution >= 4 is 0 Å². The number of imidazole rings is 1. The number of hydrogen-bond donors (Lipinski definition) is 1. The summed E-state index contributed by atoms with van der Waals surface area (Å²) in [6.07, 6.45) is 6.29. The lowest BCUT2D eigenvalue weighted by Crippen LogP contribution is -2.37. The summed E-state index contributed by atoms with van der Waals surface area (Å²) in [6, 6.07) is 8.31. The SMILES string of the molecule is COc1ccc(CCN2CCC([C@H](O)c3nccn3C)CC2)cc1. The number of methoxy groups -OCH3 is 1. The van der Waals surface area contributed by atoms with Gasteiger partial charge in [0, 0.05) is 26.0 Å². The zero-order chi connectivity index (χ0) is 16.9. The average molecular weight is 329 g/mol. The minimum Gasteiger partial charge on any atom is -0.497 e. The van der Waals surface area contributed by atoms with Gasteiger partial charge in [-0.25, -0.2) is 4.98 Å². The molecule has 2 aromatic rings. The second-order valence-electron chi connectivity index (χ2n) is 6.62. The van der Waals surface area contributed by atoms with E-state index in [0.717, 1.165) is 50.5 Å². The van der Waals surface area contributed by atoms with E-state index in [1.165, 1.54) is 5.56 Å². The molecule has 0 radical (unpaired) electrons. The van der Waals surface area contributed by atoms with E-state index in [2.05, 4.69) is 22.0 Å². The molecular formula is C19H27N3O2. The number of aliphatic hydroxyl groups excluding tert-OH is 1. The number of likely N-dealkylation sites (tertiary alicyclic amines) is 1. The third-order valence-electron chi connectivity index (χ3n) is 5.08. The van der Waals surface area contributed by atoms with E-state index in [4.69, 9.17) is 4.74 Å². The van der Waals surface area contributed by atoms with Crippen LogP contribution in [-0.2, 0) is 13.5 Å². The van der Waals surface area contributed by atoms with E-state index < -0.39 is 6.10 Å². The lowest BCUT2D eigenvalue weighted by atomic mass is 9.90. The van der Waals surface area contributed by atoms with Crippen LogP contribution in [-0.4, -0.2) is 46.3 Å². The Labute approximate surface area is 143 Å². The predicted molar refractivity (Wildman–Crippen MR) is 94.0 cm³/mol. The Balaban J connectivity index is 1.45. The Morgan fingerprint density at radius 2 is 1.96 bits per heavy atom. The van der Waals surface area contributed by atoms with Crippen LogP contribution in [0, 0.1) is 5.92 Å². The first kappa shape index (κ1) is 17.0. The second kappa shape index (κ2) is 7.81. The van der Waals surface area contributed by atoms with E-state index >= 15 is 0 Å². The third kappa shape index (κ3) is 3.97. The van der Waals surface area contributed by atoms with Crippen LogP contribution in [0.2, 0.25) is 0 Å². The van der Waals surface area contributed by atoms with Crippen molar-refractivity contribution in [2.75, 3.05) is 26.7 Å². The Morgan fingerprint density at radius 3 is 2.54 bits per heavy atom. The number of aliphatic hydroxyl groups is 1. The monoisotopic (exact) mass is 329 g/mol. The first-order chi connectivity index (χ1) is 11.7.